The molecule has 0 saturated carbocycles. The Balaban J connectivity index is 2.82. The Kier molecular flexibility index (Phi) is 5.04. The highest BCUT2D eigenvalue weighted by Crippen LogP contribution is 2.30. The quantitative estimate of drug-likeness (QED) is 0.898. The van der Waals surface area contributed by atoms with Gasteiger partial charge in [-0.05, 0) is 19.9 Å². The van der Waals surface area contributed by atoms with Gasteiger partial charge in [-0.2, -0.15) is 14.0 Å². The van der Waals surface area contributed by atoms with Crippen molar-refractivity contribution in [2.24, 2.45) is 0 Å². The van der Waals surface area contributed by atoms with Crippen molar-refractivity contribution >= 4 is 17.2 Å². The van der Waals surface area contributed by atoms with Crippen LogP contribution in [-0.2, 0) is 0 Å². The van der Waals surface area contributed by atoms with Crippen LogP contribution in [0.4, 0.5) is 8.78 Å². The molecule has 18 heavy (non-hydrogen) atoms. The maximum atomic E-state index is 12.2. The summed E-state index contributed by atoms with van der Waals surface area (Å²) < 4.78 is 28.6. The molecular weight excluding hydrogens is 262 g/mol. The number of aryl methyl sites for hydroxylation is 1. The monoisotopic (exact) mass is 274 g/mol. The van der Waals surface area contributed by atoms with Gasteiger partial charge in [0, 0.05) is 10.9 Å². The van der Waals surface area contributed by atoms with Crippen molar-refractivity contribution in [2.45, 2.75) is 32.9 Å². The number of nitrogens with one attached hydrogen (secondary N) is 1. The first kappa shape index (κ1) is 14.4. The molecule has 0 saturated heterocycles. The van der Waals surface area contributed by atoms with Crippen LogP contribution in [-0.4, -0.2) is 18.6 Å². The summed E-state index contributed by atoms with van der Waals surface area (Å²) >= 11 is 1.07. The molecule has 0 radical (unpaired) electrons. The molecule has 0 aliphatic heterocycles. The topological polar surface area (TPSA) is 62.1 Å². The van der Waals surface area contributed by atoms with Gasteiger partial charge >= 0.3 is 6.61 Å². The largest absolute Gasteiger partial charge is 0.433 e. The number of thiophene rings is 1. The zero-order chi connectivity index (χ0) is 13.7. The molecule has 0 fully saturated rings. The number of hydrogen-bond acceptors (Lipinski definition) is 4. The van der Waals surface area contributed by atoms with E-state index >= 15 is 0 Å². The molecule has 0 aliphatic rings. The number of nitriles is 1. The molecule has 0 aliphatic carbocycles. The molecule has 1 aromatic rings. The fourth-order valence-electron chi connectivity index (χ4n) is 1.31. The van der Waals surface area contributed by atoms with Crippen molar-refractivity contribution in [3.05, 3.63) is 15.8 Å². The second kappa shape index (κ2) is 6.31. The van der Waals surface area contributed by atoms with Gasteiger partial charge in [-0.3, -0.25) is 4.79 Å². The van der Waals surface area contributed by atoms with E-state index in [0.717, 1.165) is 11.3 Å². The molecule has 1 aromatic heterocycles. The minimum atomic E-state index is -2.97. The number of amides is 1. The molecule has 1 atom stereocenters. The zero-order valence-electron chi connectivity index (χ0n) is 9.87. The predicted molar refractivity (Wildman–Crippen MR) is 62.8 cm³/mol. The first-order valence-corrected chi connectivity index (χ1v) is 5.98. The Morgan fingerprint density at radius 1 is 1.67 bits per heavy atom. The van der Waals surface area contributed by atoms with E-state index in [1.54, 1.807) is 13.8 Å². The summed E-state index contributed by atoms with van der Waals surface area (Å²) in [5.41, 5.74) is 0. The molecule has 0 aromatic carbocycles. The van der Waals surface area contributed by atoms with Gasteiger partial charge in [0.1, 0.15) is 10.6 Å². The Morgan fingerprint density at radius 3 is 2.89 bits per heavy atom. The van der Waals surface area contributed by atoms with Gasteiger partial charge in [0.05, 0.1) is 12.5 Å². The fourth-order valence-corrected chi connectivity index (χ4v) is 2.16. The first-order valence-electron chi connectivity index (χ1n) is 5.17. The van der Waals surface area contributed by atoms with Crippen molar-refractivity contribution in [1.82, 2.24) is 5.32 Å². The van der Waals surface area contributed by atoms with Crippen LogP contribution in [0.25, 0.3) is 0 Å². The lowest BCUT2D eigenvalue weighted by Crippen LogP contribution is -2.32. The van der Waals surface area contributed by atoms with Crippen molar-refractivity contribution in [1.29, 1.82) is 5.26 Å². The SMILES string of the molecule is Cc1cc(OC(F)F)c(C(=O)NC(C)CC#N)s1. The number of carbonyl (C=O) groups is 1. The number of carbonyl (C=O) groups excluding carboxylic acids is 1. The van der Waals surface area contributed by atoms with Crippen LogP contribution in [0.2, 0.25) is 0 Å². The normalized spacial score (nSPS) is 12.0. The lowest BCUT2D eigenvalue weighted by Gasteiger charge is -2.10. The van der Waals surface area contributed by atoms with Crippen LogP contribution < -0.4 is 10.1 Å². The third-order valence-corrected chi connectivity index (χ3v) is 3.05. The Bertz CT molecular complexity index is 468. The molecule has 4 nitrogen and oxygen atoms in total. The molecule has 1 heterocycles. The van der Waals surface area contributed by atoms with Crippen molar-refractivity contribution in [3.63, 3.8) is 0 Å². The van der Waals surface area contributed by atoms with Gasteiger partial charge in [0.25, 0.3) is 5.91 Å². The number of ether oxygens (including phenoxy) is 1. The van der Waals surface area contributed by atoms with Crippen molar-refractivity contribution < 1.29 is 18.3 Å². The molecule has 1 N–H and O–H groups in total. The standard InChI is InChI=1S/C11H12F2N2O2S/c1-6(3-4-14)15-10(16)9-8(17-11(12)13)5-7(2)18-9/h5-6,11H,3H2,1-2H3,(H,15,16). The fraction of sp³-hybridized carbons (Fsp3) is 0.455. The van der Waals surface area contributed by atoms with Crippen LogP contribution in [0, 0.1) is 18.3 Å². The highest BCUT2D eigenvalue weighted by Gasteiger charge is 2.20. The third-order valence-electron chi connectivity index (χ3n) is 2.02. The van der Waals surface area contributed by atoms with Crippen LogP contribution in [0.3, 0.4) is 0 Å². The van der Waals surface area contributed by atoms with E-state index in [2.05, 4.69) is 10.1 Å². The van der Waals surface area contributed by atoms with Crippen LogP contribution in [0.5, 0.6) is 5.75 Å². The maximum Gasteiger partial charge on any atom is 0.387 e. The van der Waals surface area contributed by atoms with E-state index < -0.39 is 12.5 Å². The van der Waals surface area contributed by atoms with E-state index in [1.165, 1.54) is 6.07 Å². The van der Waals surface area contributed by atoms with E-state index in [4.69, 9.17) is 5.26 Å². The molecule has 1 amide bonds. The van der Waals surface area contributed by atoms with Crippen LogP contribution in [0.1, 0.15) is 27.9 Å². The van der Waals surface area contributed by atoms with Gasteiger partial charge in [-0.1, -0.05) is 0 Å². The number of halogens is 2. The lowest BCUT2D eigenvalue weighted by atomic mass is 10.2. The number of alkyl halides is 2. The highest BCUT2D eigenvalue weighted by atomic mass is 32.1. The lowest BCUT2D eigenvalue weighted by molar-refractivity contribution is -0.0498. The molecule has 1 unspecified atom stereocenters. The summed E-state index contributed by atoms with van der Waals surface area (Å²) in [6, 6.07) is 2.96. The van der Waals surface area contributed by atoms with E-state index in [9.17, 15) is 13.6 Å². The van der Waals surface area contributed by atoms with Gasteiger partial charge in [-0.25, -0.2) is 0 Å². The average Bonchev–Trinajstić information content (AvgIpc) is 2.58. The average molecular weight is 274 g/mol. The number of nitrogens with zero attached hydrogens (tertiary/aromatic N) is 1. The summed E-state index contributed by atoms with van der Waals surface area (Å²) in [7, 11) is 0. The van der Waals surface area contributed by atoms with Gasteiger partial charge in [-0.15, -0.1) is 11.3 Å². The minimum absolute atomic E-state index is 0.0950. The second-order valence-corrected chi connectivity index (χ2v) is 4.92. The third kappa shape index (κ3) is 3.96. The molecule has 0 spiro atoms. The minimum Gasteiger partial charge on any atom is -0.433 e. The maximum absolute atomic E-state index is 12.2. The van der Waals surface area contributed by atoms with E-state index in [1.807, 2.05) is 6.07 Å². The Labute approximate surface area is 107 Å². The van der Waals surface area contributed by atoms with Gasteiger partial charge in [0.15, 0.2) is 0 Å². The smallest absolute Gasteiger partial charge is 0.387 e. The number of rotatable bonds is 5. The first-order chi connectivity index (χ1) is 8.43. The Hall–Kier alpha value is -1.68. The molecule has 0 bridgehead atoms. The van der Waals surface area contributed by atoms with E-state index in [0.29, 0.717) is 4.88 Å². The molecule has 7 heteroatoms. The molecule has 98 valence electrons. The van der Waals surface area contributed by atoms with Crippen molar-refractivity contribution in [2.75, 3.05) is 0 Å². The Morgan fingerprint density at radius 2 is 2.33 bits per heavy atom. The van der Waals surface area contributed by atoms with Gasteiger partial charge in [0.2, 0.25) is 0 Å². The summed E-state index contributed by atoms with van der Waals surface area (Å²) in [5, 5.41) is 11.0. The van der Waals surface area contributed by atoms with E-state index in [-0.39, 0.29) is 23.1 Å². The summed E-state index contributed by atoms with van der Waals surface area (Å²) in [6.45, 7) is 0.385. The predicted octanol–water partition coefficient (Wildman–Crippen LogP) is 2.69. The van der Waals surface area contributed by atoms with Gasteiger partial charge < -0.3 is 10.1 Å². The summed E-state index contributed by atoms with van der Waals surface area (Å²) in [6.07, 6.45) is 0.154. The summed E-state index contributed by atoms with van der Waals surface area (Å²) in [5.74, 6) is -0.638. The highest BCUT2D eigenvalue weighted by molar-refractivity contribution is 7.14. The zero-order valence-corrected chi connectivity index (χ0v) is 10.7. The molecular formula is C11H12F2N2O2S. The molecule has 1 rings (SSSR count). The summed E-state index contributed by atoms with van der Waals surface area (Å²) in [4.78, 5) is 12.6. The second-order valence-electron chi connectivity index (χ2n) is 3.67. The van der Waals surface area contributed by atoms with Crippen LogP contribution >= 0.6 is 11.3 Å². The number of hydrogen-bond donors (Lipinski definition) is 1. The van der Waals surface area contributed by atoms with Crippen LogP contribution in [0.15, 0.2) is 6.07 Å². The van der Waals surface area contributed by atoms with Crippen molar-refractivity contribution in [3.8, 4) is 11.8 Å².